The number of pyridine rings is 1. The zero-order valence-corrected chi connectivity index (χ0v) is 20.3. The summed E-state index contributed by atoms with van der Waals surface area (Å²) in [4.78, 5) is 4.43. The Morgan fingerprint density at radius 2 is 1.61 bits per heavy atom. The summed E-state index contributed by atoms with van der Waals surface area (Å²) in [6.45, 7) is 7.34. The first kappa shape index (κ1) is 25.0. The van der Waals surface area contributed by atoms with Gasteiger partial charge < -0.3 is 23.9 Å². The van der Waals surface area contributed by atoms with Gasteiger partial charge in [-0.05, 0) is 37.7 Å². The van der Waals surface area contributed by atoms with Crippen LogP contribution >= 0.6 is 0 Å². The van der Waals surface area contributed by atoms with Crippen molar-refractivity contribution in [1.82, 2.24) is 4.98 Å². The predicted molar refractivity (Wildman–Crippen MR) is 118 cm³/mol. The number of rotatable bonds is 12. The Hall–Kier alpha value is -2.24. The Balaban J connectivity index is 0.00000341. The first-order chi connectivity index (χ1) is 14.8. The molecule has 0 aliphatic rings. The minimum absolute atomic E-state index is 0. The van der Waals surface area contributed by atoms with Crippen molar-refractivity contribution in [3.05, 3.63) is 66.9 Å². The van der Waals surface area contributed by atoms with Gasteiger partial charge in [-0.25, -0.2) is 0 Å². The van der Waals surface area contributed by atoms with E-state index < -0.39 is 0 Å². The molecule has 0 unspecified atom stereocenters. The van der Waals surface area contributed by atoms with E-state index in [0.717, 1.165) is 33.9 Å². The fourth-order valence-corrected chi connectivity index (χ4v) is 2.97. The molecule has 0 aliphatic carbocycles. The number of hydrogen-bond acceptors (Lipinski definition) is 5. The van der Waals surface area contributed by atoms with Crippen LogP contribution in [0.3, 0.4) is 0 Å². The van der Waals surface area contributed by atoms with Crippen LogP contribution in [0.5, 0.6) is 11.5 Å². The molecule has 3 aromatic rings. The van der Waals surface area contributed by atoms with Crippen LogP contribution in [0.1, 0.15) is 13.8 Å². The molecule has 0 spiro atoms. The maximum absolute atomic E-state index is 6.05. The van der Waals surface area contributed by atoms with Gasteiger partial charge in [0.05, 0.1) is 13.2 Å². The van der Waals surface area contributed by atoms with Gasteiger partial charge in [0, 0.05) is 51.1 Å². The van der Waals surface area contributed by atoms with Gasteiger partial charge in [0.25, 0.3) is 0 Å². The van der Waals surface area contributed by atoms with E-state index in [1.807, 2.05) is 62.4 Å². The van der Waals surface area contributed by atoms with Crippen molar-refractivity contribution in [2.45, 2.75) is 13.8 Å². The molecule has 1 radical (unpaired) electrons. The molecule has 6 heteroatoms. The molecule has 0 aliphatic heterocycles. The zero-order chi connectivity index (χ0) is 21.0. The normalized spacial score (nSPS) is 10.4. The predicted octanol–water partition coefficient (Wildman–Crippen LogP) is 5.04. The SMILES string of the molecule is CCOCCOc1ccc(-c2cc[c-]c(-c3ccccn3)c2)c(OCCOCC)c1.[Ir]. The van der Waals surface area contributed by atoms with Crippen LogP contribution in [-0.4, -0.2) is 44.6 Å². The molecule has 0 saturated heterocycles. The van der Waals surface area contributed by atoms with Crippen molar-refractivity contribution in [3.63, 3.8) is 0 Å². The summed E-state index contributed by atoms with van der Waals surface area (Å²) in [6.07, 6.45) is 1.78. The minimum Gasteiger partial charge on any atom is -0.491 e. The van der Waals surface area contributed by atoms with Gasteiger partial charge in [-0.1, -0.05) is 17.7 Å². The second-order valence-corrected chi connectivity index (χ2v) is 6.45. The molecule has 3 rings (SSSR count). The van der Waals surface area contributed by atoms with Gasteiger partial charge in [0.15, 0.2) is 0 Å². The largest absolute Gasteiger partial charge is 0.491 e. The van der Waals surface area contributed by atoms with Crippen molar-refractivity contribution >= 4 is 0 Å². The fourth-order valence-electron chi connectivity index (χ4n) is 2.97. The molecule has 1 aromatic heterocycles. The number of hydrogen-bond donors (Lipinski definition) is 0. The molecule has 0 N–H and O–H groups in total. The van der Waals surface area contributed by atoms with E-state index in [-0.39, 0.29) is 20.1 Å². The Kier molecular flexibility index (Phi) is 11.3. The summed E-state index contributed by atoms with van der Waals surface area (Å²) >= 11 is 0. The van der Waals surface area contributed by atoms with Gasteiger partial charge in [-0.2, -0.15) is 0 Å². The van der Waals surface area contributed by atoms with Gasteiger partial charge in [0.1, 0.15) is 24.7 Å². The van der Waals surface area contributed by atoms with Gasteiger partial charge in [0.2, 0.25) is 0 Å². The smallest absolute Gasteiger partial charge is 0.129 e. The number of benzene rings is 2. The average molecular weight is 599 g/mol. The fraction of sp³-hybridized carbons (Fsp3) is 0.320. The van der Waals surface area contributed by atoms with Crippen LogP contribution < -0.4 is 9.47 Å². The van der Waals surface area contributed by atoms with E-state index in [4.69, 9.17) is 18.9 Å². The van der Waals surface area contributed by atoms with Crippen LogP contribution in [0, 0.1) is 6.07 Å². The first-order valence-corrected chi connectivity index (χ1v) is 10.3. The quantitative estimate of drug-likeness (QED) is 0.216. The van der Waals surface area contributed by atoms with Crippen molar-refractivity contribution < 1.29 is 39.1 Å². The molecule has 0 atom stereocenters. The van der Waals surface area contributed by atoms with Crippen molar-refractivity contribution in [2.24, 2.45) is 0 Å². The molecule has 167 valence electrons. The van der Waals surface area contributed by atoms with Gasteiger partial charge in [-0.3, -0.25) is 0 Å². The summed E-state index contributed by atoms with van der Waals surface area (Å²) in [7, 11) is 0. The topological polar surface area (TPSA) is 49.8 Å². The maximum atomic E-state index is 6.05. The van der Waals surface area contributed by atoms with E-state index >= 15 is 0 Å². The van der Waals surface area contributed by atoms with Crippen molar-refractivity contribution in [2.75, 3.05) is 39.6 Å². The third kappa shape index (κ3) is 7.75. The summed E-state index contributed by atoms with van der Waals surface area (Å²) in [5.41, 5.74) is 3.83. The van der Waals surface area contributed by atoms with Crippen LogP contribution in [-0.2, 0) is 29.6 Å². The molecule has 2 aromatic carbocycles. The molecule has 0 bridgehead atoms. The summed E-state index contributed by atoms with van der Waals surface area (Å²) in [5, 5.41) is 0. The summed E-state index contributed by atoms with van der Waals surface area (Å²) < 4.78 is 22.6. The van der Waals surface area contributed by atoms with E-state index in [9.17, 15) is 0 Å². The third-order valence-corrected chi connectivity index (χ3v) is 4.40. The van der Waals surface area contributed by atoms with E-state index in [1.165, 1.54) is 0 Å². The number of aromatic nitrogens is 1. The molecular formula is C25H28IrNO4-. The van der Waals surface area contributed by atoms with Crippen molar-refractivity contribution in [1.29, 1.82) is 0 Å². The molecule has 5 nitrogen and oxygen atoms in total. The maximum Gasteiger partial charge on any atom is 0.129 e. The summed E-state index contributed by atoms with van der Waals surface area (Å²) in [6, 6.07) is 21.0. The van der Waals surface area contributed by atoms with Crippen LogP contribution in [0.15, 0.2) is 60.8 Å². The molecule has 0 amide bonds. The molecule has 31 heavy (non-hydrogen) atoms. The first-order valence-electron chi connectivity index (χ1n) is 10.3. The number of ether oxygens (including phenoxy) is 4. The summed E-state index contributed by atoms with van der Waals surface area (Å²) in [5.74, 6) is 1.50. The monoisotopic (exact) mass is 599 g/mol. The van der Waals surface area contributed by atoms with Crippen molar-refractivity contribution in [3.8, 4) is 33.9 Å². The zero-order valence-electron chi connectivity index (χ0n) is 17.9. The molecular weight excluding hydrogens is 570 g/mol. The molecule has 0 saturated carbocycles. The second-order valence-electron chi connectivity index (χ2n) is 6.45. The Labute approximate surface area is 198 Å². The Morgan fingerprint density at radius 1 is 0.839 bits per heavy atom. The minimum atomic E-state index is 0. The van der Waals surface area contributed by atoms with Crippen LogP contribution in [0.4, 0.5) is 0 Å². The van der Waals surface area contributed by atoms with Crippen LogP contribution in [0.25, 0.3) is 22.4 Å². The molecule has 0 fully saturated rings. The Morgan fingerprint density at radius 3 is 2.32 bits per heavy atom. The standard InChI is InChI=1S/C25H28NO4.Ir/c1-3-27-14-16-29-22-11-12-23(25(19-22)30-17-15-28-4-2)20-8-7-9-21(18-20)24-10-5-6-13-26-24;/h5-8,10-13,18-19H,3-4,14-17H2,1-2H3;/q-1;. The van der Waals surface area contributed by atoms with Crippen LogP contribution in [0.2, 0.25) is 0 Å². The third-order valence-electron chi connectivity index (χ3n) is 4.40. The molecule has 1 heterocycles. The van der Waals surface area contributed by atoms with E-state index in [2.05, 4.69) is 17.1 Å². The van der Waals surface area contributed by atoms with E-state index in [1.54, 1.807) is 6.20 Å². The average Bonchev–Trinajstić information content (AvgIpc) is 2.80. The Bertz CT molecular complexity index is 905. The van der Waals surface area contributed by atoms with Gasteiger partial charge >= 0.3 is 0 Å². The number of nitrogens with zero attached hydrogens (tertiary/aromatic N) is 1. The second kappa shape index (κ2) is 13.9. The van der Waals surface area contributed by atoms with Gasteiger partial charge in [-0.15, -0.1) is 29.8 Å². The van der Waals surface area contributed by atoms with E-state index in [0.29, 0.717) is 39.6 Å².